The monoisotopic (exact) mass is 383 g/mol. The average Bonchev–Trinajstić information content (AvgIpc) is 3.12. The molecule has 0 N–H and O–H groups in total. The van der Waals surface area contributed by atoms with Crippen LogP contribution in [0.2, 0.25) is 0 Å². The van der Waals surface area contributed by atoms with Gasteiger partial charge in [0.1, 0.15) is 7.05 Å². The van der Waals surface area contributed by atoms with Crippen LogP contribution in [-0.2, 0) is 7.05 Å². The van der Waals surface area contributed by atoms with E-state index in [-0.39, 0.29) is 19.2 Å². The molecule has 0 aliphatic carbocycles. The fraction of sp³-hybridized carbons (Fsp3) is 0.190. The molecule has 27 heavy (non-hydrogen) atoms. The van der Waals surface area contributed by atoms with E-state index in [9.17, 15) is 0 Å². The molecule has 0 fully saturated rings. The van der Waals surface area contributed by atoms with Crippen molar-refractivity contribution >= 4 is 32.4 Å². The average molecular weight is 384 g/mol. The number of halogens is 1. The normalized spacial score (nSPS) is 12.4. The number of ether oxygens (including phenoxy) is 4. The maximum Gasteiger partial charge on any atom is 0.231 e. The van der Waals surface area contributed by atoms with Crippen molar-refractivity contribution in [2.75, 3.05) is 21.0 Å². The van der Waals surface area contributed by atoms with Gasteiger partial charge in [0, 0.05) is 5.39 Å². The summed E-state index contributed by atoms with van der Waals surface area (Å²) >= 11 is 0. The van der Waals surface area contributed by atoms with Gasteiger partial charge < -0.3 is 31.4 Å². The standard InChI is InChI=1S/C21H18NO4.ClH/c1-22-10-13-7-19-20(26-11-25-19)8-15(13)14-5-4-12-6-17(23-2)18(24-3)9-16(12)21(14)22;/h4-10H,11H2,1-3H3;1H/q+1;/p-1. The van der Waals surface area contributed by atoms with E-state index in [1.165, 1.54) is 0 Å². The highest BCUT2D eigenvalue weighted by Crippen LogP contribution is 2.40. The van der Waals surface area contributed by atoms with Crippen LogP contribution in [0.4, 0.5) is 0 Å². The SMILES string of the molecule is COc1cc2ccc3c4cc5c(cc4c[n+](C)c3c2cc1OC)OCO5.[Cl-]. The highest BCUT2D eigenvalue weighted by molar-refractivity contribution is 6.14. The molecule has 0 saturated heterocycles. The first-order valence-electron chi connectivity index (χ1n) is 8.40. The number of pyridine rings is 1. The quantitative estimate of drug-likeness (QED) is 0.378. The molecule has 0 spiro atoms. The van der Waals surface area contributed by atoms with E-state index >= 15 is 0 Å². The number of hydrogen-bond acceptors (Lipinski definition) is 4. The number of fused-ring (bicyclic) bond motifs is 6. The summed E-state index contributed by atoms with van der Waals surface area (Å²) in [6.45, 7) is 0.273. The first-order valence-corrected chi connectivity index (χ1v) is 8.40. The van der Waals surface area contributed by atoms with Gasteiger partial charge in [-0.2, -0.15) is 4.57 Å². The van der Waals surface area contributed by atoms with Crippen LogP contribution in [0.3, 0.4) is 0 Å². The molecule has 5 nitrogen and oxygen atoms in total. The summed E-state index contributed by atoms with van der Waals surface area (Å²) in [7, 11) is 5.37. The third-order valence-corrected chi connectivity index (χ3v) is 5.02. The molecule has 0 radical (unpaired) electrons. The lowest BCUT2D eigenvalue weighted by Crippen LogP contribution is -3.00. The lowest BCUT2D eigenvalue weighted by atomic mass is 10.0. The maximum absolute atomic E-state index is 5.57. The molecule has 138 valence electrons. The smallest absolute Gasteiger partial charge is 0.231 e. The van der Waals surface area contributed by atoms with Crippen LogP contribution in [0.15, 0.2) is 42.6 Å². The number of aryl methyl sites for hydroxylation is 1. The van der Waals surface area contributed by atoms with E-state index in [2.05, 4.69) is 36.0 Å². The minimum absolute atomic E-state index is 0. The Hall–Kier alpha value is -2.92. The Bertz CT molecular complexity index is 1210. The Labute approximate surface area is 162 Å². The van der Waals surface area contributed by atoms with Gasteiger partial charge in [-0.25, -0.2) is 0 Å². The van der Waals surface area contributed by atoms with Crippen molar-refractivity contribution < 1.29 is 35.9 Å². The summed E-state index contributed by atoms with van der Waals surface area (Å²) < 4.78 is 24.2. The van der Waals surface area contributed by atoms with Crippen molar-refractivity contribution in [3.63, 3.8) is 0 Å². The van der Waals surface area contributed by atoms with E-state index in [4.69, 9.17) is 18.9 Å². The lowest BCUT2D eigenvalue weighted by Gasteiger charge is -2.11. The molecule has 2 heterocycles. The van der Waals surface area contributed by atoms with Crippen molar-refractivity contribution in [1.29, 1.82) is 0 Å². The first kappa shape index (κ1) is 17.5. The number of rotatable bonds is 2. The summed E-state index contributed by atoms with van der Waals surface area (Å²) in [5, 5.41) is 5.62. The molecule has 0 amide bonds. The topological polar surface area (TPSA) is 40.8 Å². The highest BCUT2D eigenvalue weighted by Gasteiger charge is 2.21. The van der Waals surface area contributed by atoms with Crippen molar-refractivity contribution in [2.24, 2.45) is 7.05 Å². The molecule has 0 saturated carbocycles. The second-order valence-corrected chi connectivity index (χ2v) is 6.42. The van der Waals surface area contributed by atoms with Gasteiger partial charge in [0.2, 0.25) is 12.3 Å². The van der Waals surface area contributed by atoms with Crippen molar-refractivity contribution in [3.8, 4) is 23.0 Å². The van der Waals surface area contributed by atoms with Crippen LogP contribution in [0, 0.1) is 0 Å². The maximum atomic E-state index is 5.57. The second-order valence-electron chi connectivity index (χ2n) is 6.42. The molecule has 5 rings (SSSR count). The minimum Gasteiger partial charge on any atom is -1.00 e. The molecule has 1 aliphatic rings. The summed E-state index contributed by atoms with van der Waals surface area (Å²) in [6, 6.07) is 12.4. The predicted molar refractivity (Wildman–Crippen MR) is 99.4 cm³/mol. The fourth-order valence-electron chi connectivity index (χ4n) is 3.80. The van der Waals surface area contributed by atoms with Crippen LogP contribution in [-0.4, -0.2) is 21.0 Å². The van der Waals surface area contributed by atoms with Crippen LogP contribution in [0.1, 0.15) is 0 Å². The summed E-state index contributed by atoms with van der Waals surface area (Å²) in [4.78, 5) is 0. The lowest BCUT2D eigenvalue weighted by molar-refractivity contribution is -0.642. The Morgan fingerprint density at radius 2 is 1.52 bits per heavy atom. The number of hydrogen-bond donors (Lipinski definition) is 0. The van der Waals surface area contributed by atoms with Crippen molar-refractivity contribution in [2.45, 2.75) is 0 Å². The van der Waals surface area contributed by atoms with Gasteiger partial charge in [0.15, 0.2) is 29.2 Å². The van der Waals surface area contributed by atoms with Gasteiger partial charge >= 0.3 is 0 Å². The zero-order chi connectivity index (χ0) is 17.8. The number of nitrogens with zero attached hydrogens (tertiary/aromatic N) is 1. The van der Waals surface area contributed by atoms with Crippen molar-refractivity contribution in [1.82, 2.24) is 0 Å². The van der Waals surface area contributed by atoms with Crippen LogP contribution in [0.5, 0.6) is 23.0 Å². The van der Waals surface area contributed by atoms with E-state index in [0.29, 0.717) is 0 Å². The van der Waals surface area contributed by atoms with E-state index < -0.39 is 0 Å². The summed E-state index contributed by atoms with van der Waals surface area (Å²) in [5.74, 6) is 3.04. The van der Waals surface area contributed by atoms with Gasteiger partial charge in [-0.15, -0.1) is 0 Å². The Balaban J connectivity index is 0.00000180. The predicted octanol–water partition coefficient (Wildman–Crippen LogP) is 0.721. The molecule has 0 unspecified atom stereocenters. The third-order valence-electron chi connectivity index (χ3n) is 5.02. The number of benzene rings is 3. The van der Waals surface area contributed by atoms with Gasteiger partial charge in [-0.05, 0) is 35.7 Å². The Morgan fingerprint density at radius 1 is 0.815 bits per heavy atom. The summed E-state index contributed by atoms with van der Waals surface area (Å²) in [6.07, 6.45) is 2.12. The largest absolute Gasteiger partial charge is 1.00 e. The fourth-order valence-corrected chi connectivity index (χ4v) is 3.80. The summed E-state index contributed by atoms with van der Waals surface area (Å²) in [5.41, 5.74) is 1.13. The highest BCUT2D eigenvalue weighted by atomic mass is 35.5. The van der Waals surface area contributed by atoms with Crippen LogP contribution < -0.4 is 35.9 Å². The zero-order valence-electron chi connectivity index (χ0n) is 15.2. The van der Waals surface area contributed by atoms with Gasteiger partial charge in [-0.1, -0.05) is 6.07 Å². The van der Waals surface area contributed by atoms with Crippen molar-refractivity contribution in [3.05, 3.63) is 42.6 Å². The zero-order valence-corrected chi connectivity index (χ0v) is 16.0. The molecule has 4 aromatic rings. The first-order chi connectivity index (χ1) is 12.7. The van der Waals surface area contributed by atoms with Gasteiger partial charge in [-0.3, -0.25) is 0 Å². The molecule has 1 aliphatic heterocycles. The van der Waals surface area contributed by atoms with Crippen LogP contribution in [0.25, 0.3) is 32.4 Å². The third kappa shape index (κ3) is 2.50. The number of methoxy groups -OCH3 is 2. The van der Waals surface area contributed by atoms with E-state index in [0.717, 1.165) is 55.4 Å². The van der Waals surface area contributed by atoms with E-state index in [1.54, 1.807) is 14.2 Å². The molecule has 0 bridgehead atoms. The number of aromatic nitrogens is 1. The molecule has 6 heteroatoms. The van der Waals surface area contributed by atoms with Gasteiger partial charge in [0.25, 0.3) is 0 Å². The molecular weight excluding hydrogens is 366 g/mol. The molecule has 1 aromatic heterocycles. The second kappa shape index (κ2) is 6.35. The Kier molecular flexibility index (Phi) is 4.12. The minimum atomic E-state index is 0. The Morgan fingerprint density at radius 3 is 2.26 bits per heavy atom. The molecular formula is C21H18ClNO4. The molecule has 3 aromatic carbocycles. The van der Waals surface area contributed by atoms with E-state index in [1.807, 2.05) is 18.2 Å². The van der Waals surface area contributed by atoms with Crippen LogP contribution >= 0.6 is 0 Å². The van der Waals surface area contributed by atoms with Gasteiger partial charge in [0.05, 0.1) is 30.4 Å². The molecule has 0 atom stereocenters.